The third-order valence-electron chi connectivity index (χ3n) is 5.54. The van der Waals surface area contributed by atoms with Gasteiger partial charge in [0.05, 0.1) is 26.1 Å². The van der Waals surface area contributed by atoms with E-state index in [-0.39, 0.29) is 18.0 Å². The summed E-state index contributed by atoms with van der Waals surface area (Å²) in [6.07, 6.45) is 9.28. The van der Waals surface area contributed by atoms with Crippen molar-refractivity contribution in [1.82, 2.24) is 19.9 Å². The van der Waals surface area contributed by atoms with E-state index in [4.69, 9.17) is 9.47 Å². The Morgan fingerprint density at radius 3 is 2.77 bits per heavy atom. The maximum atomic E-state index is 12.9. The molecule has 0 bridgehead atoms. The first-order chi connectivity index (χ1) is 14.6. The van der Waals surface area contributed by atoms with Gasteiger partial charge in [0.2, 0.25) is 5.91 Å². The van der Waals surface area contributed by atoms with Crippen molar-refractivity contribution in [3.05, 3.63) is 40.5 Å². The maximum absolute atomic E-state index is 12.9. The maximum Gasteiger partial charge on any atom is 0.278 e. The molecule has 0 fully saturated rings. The first-order valence-corrected chi connectivity index (χ1v) is 10.2. The van der Waals surface area contributed by atoms with E-state index in [0.29, 0.717) is 29.1 Å². The SMILES string of the molecule is COc1cc2[nH]c3c(=O)n(CC(=O)NCCC4=CCCCC4)cnc3c2cc1OC. The molecule has 2 aromatic heterocycles. The molecular formula is C22H26N4O4. The minimum Gasteiger partial charge on any atom is -0.493 e. The van der Waals surface area contributed by atoms with Crippen molar-refractivity contribution in [2.75, 3.05) is 20.8 Å². The van der Waals surface area contributed by atoms with E-state index >= 15 is 0 Å². The molecule has 0 spiro atoms. The number of nitrogens with zero attached hydrogens (tertiary/aromatic N) is 2. The molecular weight excluding hydrogens is 384 g/mol. The molecule has 2 heterocycles. The smallest absolute Gasteiger partial charge is 0.278 e. The van der Waals surface area contributed by atoms with Gasteiger partial charge in [-0.25, -0.2) is 4.98 Å². The number of hydrogen-bond acceptors (Lipinski definition) is 5. The molecule has 0 saturated carbocycles. The summed E-state index contributed by atoms with van der Waals surface area (Å²) in [6, 6.07) is 3.56. The number of methoxy groups -OCH3 is 2. The van der Waals surface area contributed by atoms with Crippen molar-refractivity contribution in [3.8, 4) is 11.5 Å². The van der Waals surface area contributed by atoms with E-state index in [1.165, 1.54) is 29.3 Å². The number of aromatic nitrogens is 3. The zero-order valence-electron chi connectivity index (χ0n) is 17.3. The van der Waals surface area contributed by atoms with Crippen molar-refractivity contribution in [2.24, 2.45) is 0 Å². The summed E-state index contributed by atoms with van der Waals surface area (Å²) in [5.74, 6) is 0.919. The Morgan fingerprint density at radius 2 is 2.03 bits per heavy atom. The van der Waals surface area contributed by atoms with Crippen LogP contribution in [0, 0.1) is 0 Å². The van der Waals surface area contributed by atoms with Gasteiger partial charge in [-0.1, -0.05) is 11.6 Å². The van der Waals surface area contributed by atoms with Crippen molar-refractivity contribution in [2.45, 2.75) is 38.6 Å². The van der Waals surface area contributed by atoms with Crippen LogP contribution in [0.25, 0.3) is 21.9 Å². The third kappa shape index (κ3) is 3.90. The fourth-order valence-corrected chi connectivity index (χ4v) is 3.94. The van der Waals surface area contributed by atoms with E-state index in [1.54, 1.807) is 26.4 Å². The standard InChI is InChI=1S/C22H26N4O4/c1-29-17-10-15-16(11-18(17)30-2)25-21-20(15)24-13-26(22(21)28)12-19(27)23-9-8-14-6-4-3-5-7-14/h6,10-11,13,25H,3-5,7-9,12H2,1-2H3,(H,23,27). The van der Waals surface area contributed by atoms with E-state index < -0.39 is 0 Å². The second-order valence-corrected chi connectivity index (χ2v) is 7.49. The summed E-state index contributed by atoms with van der Waals surface area (Å²) in [7, 11) is 3.11. The summed E-state index contributed by atoms with van der Waals surface area (Å²) in [6.45, 7) is 0.518. The van der Waals surface area contributed by atoms with Gasteiger partial charge in [-0.15, -0.1) is 0 Å². The quantitative estimate of drug-likeness (QED) is 0.584. The van der Waals surface area contributed by atoms with Crippen LogP contribution in [0.3, 0.4) is 0 Å². The lowest BCUT2D eigenvalue weighted by molar-refractivity contribution is -0.121. The van der Waals surface area contributed by atoms with E-state index in [9.17, 15) is 9.59 Å². The van der Waals surface area contributed by atoms with Crippen molar-refractivity contribution in [1.29, 1.82) is 0 Å². The number of amides is 1. The molecule has 0 aliphatic heterocycles. The lowest BCUT2D eigenvalue weighted by Crippen LogP contribution is -2.33. The molecule has 158 valence electrons. The number of aromatic amines is 1. The molecule has 1 amide bonds. The van der Waals surface area contributed by atoms with Crippen LogP contribution in [0.15, 0.2) is 34.9 Å². The normalized spacial score (nSPS) is 14.0. The van der Waals surface area contributed by atoms with Crippen molar-refractivity contribution >= 4 is 27.8 Å². The summed E-state index contributed by atoms with van der Waals surface area (Å²) >= 11 is 0. The second-order valence-electron chi connectivity index (χ2n) is 7.49. The largest absolute Gasteiger partial charge is 0.493 e. The fraction of sp³-hybridized carbons (Fsp3) is 0.409. The average Bonchev–Trinajstić information content (AvgIpc) is 3.13. The molecule has 8 nitrogen and oxygen atoms in total. The molecule has 0 saturated heterocycles. The lowest BCUT2D eigenvalue weighted by atomic mass is 9.97. The second kappa shape index (κ2) is 8.61. The minimum absolute atomic E-state index is 0.0666. The number of carbonyl (C=O) groups is 1. The number of hydrogen-bond donors (Lipinski definition) is 2. The van der Waals surface area contributed by atoms with Gasteiger partial charge in [0, 0.05) is 18.0 Å². The third-order valence-corrected chi connectivity index (χ3v) is 5.54. The molecule has 0 atom stereocenters. The summed E-state index contributed by atoms with van der Waals surface area (Å²) in [5.41, 5.74) is 2.72. The minimum atomic E-state index is -0.292. The summed E-state index contributed by atoms with van der Waals surface area (Å²) in [4.78, 5) is 32.7. The van der Waals surface area contributed by atoms with Crippen LogP contribution in [-0.2, 0) is 11.3 Å². The lowest BCUT2D eigenvalue weighted by Gasteiger charge is -2.13. The monoisotopic (exact) mass is 410 g/mol. The zero-order chi connectivity index (χ0) is 21.1. The Bertz CT molecular complexity index is 1180. The van der Waals surface area contributed by atoms with Crippen LogP contribution < -0.4 is 20.3 Å². The number of carbonyl (C=O) groups excluding carboxylic acids is 1. The number of nitrogens with one attached hydrogen (secondary N) is 2. The zero-order valence-corrected chi connectivity index (χ0v) is 17.3. The average molecular weight is 410 g/mol. The first kappa shape index (κ1) is 20.0. The van der Waals surface area contributed by atoms with E-state index in [0.717, 1.165) is 30.2 Å². The first-order valence-electron chi connectivity index (χ1n) is 10.2. The van der Waals surface area contributed by atoms with Crippen molar-refractivity contribution in [3.63, 3.8) is 0 Å². The summed E-state index contributed by atoms with van der Waals surface area (Å²) < 4.78 is 12.0. The molecule has 1 aromatic carbocycles. The number of H-pyrrole nitrogens is 1. The molecule has 3 aromatic rings. The van der Waals surface area contributed by atoms with E-state index in [2.05, 4.69) is 21.4 Å². The van der Waals surface area contributed by atoms with Crippen LogP contribution >= 0.6 is 0 Å². The van der Waals surface area contributed by atoms with Crippen LogP contribution in [-0.4, -0.2) is 41.2 Å². The molecule has 1 aliphatic rings. The van der Waals surface area contributed by atoms with Crippen LogP contribution in [0.1, 0.15) is 32.1 Å². The van der Waals surface area contributed by atoms with Gasteiger partial charge in [-0.05, 0) is 38.2 Å². The Kier molecular flexibility index (Phi) is 5.74. The Hall–Kier alpha value is -3.29. The molecule has 2 N–H and O–H groups in total. The molecule has 30 heavy (non-hydrogen) atoms. The highest BCUT2D eigenvalue weighted by Gasteiger charge is 2.16. The van der Waals surface area contributed by atoms with Gasteiger partial charge in [0.25, 0.3) is 5.56 Å². The van der Waals surface area contributed by atoms with Crippen LogP contribution in [0.5, 0.6) is 11.5 Å². The molecule has 0 radical (unpaired) electrons. The number of ether oxygens (including phenoxy) is 2. The molecule has 0 unspecified atom stereocenters. The Balaban J connectivity index is 1.52. The predicted molar refractivity (Wildman–Crippen MR) is 115 cm³/mol. The highest BCUT2D eigenvalue weighted by molar-refractivity contribution is 6.05. The molecule has 1 aliphatic carbocycles. The molecule has 8 heteroatoms. The van der Waals surface area contributed by atoms with Gasteiger partial charge in [0.1, 0.15) is 17.6 Å². The Morgan fingerprint density at radius 1 is 1.23 bits per heavy atom. The van der Waals surface area contributed by atoms with Gasteiger partial charge in [0.15, 0.2) is 11.5 Å². The Labute approximate surface area is 173 Å². The highest BCUT2D eigenvalue weighted by Crippen LogP contribution is 2.34. The summed E-state index contributed by atoms with van der Waals surface area (Å²) in [5, 5.41) is 3.66. The van der Waals surface area contributed by atoms with Gasteiger partial charge in [-0.3, -0.25) is 14.2 Å². The van der Waals surface area contributed by atoms with Gasteiger partial charge >= 0.3 is 0 Å². The van der Waals surface area contributed by atoms with Gasteiger partial charge < -0.3 is 19.8 Å². The molecule has 4 rings (SSSR count). The van der Waals surface area contributed by atoms with E-state index in [1.807, 2.05) is 0 Å². The van der Waals surface area contributed by atoms with Crippen LogP contribution in [0.2, 0.25) is 0 Å². The fourth-order valence-electron chi connectivity index (χ4n) is 3.94. The number of fused-ring (bicyclic) bond motifs is 3. The number of allylic oxidation sites excluding steroid dienone is 1. The van der Waals surface area contributed by atoms with Crippen LogP contribution in [0.4, 0.5) is 0 Å². The predicted octanol–water partition coefficient (Wildman–Crippen LogP) is 2.90. The topological polar surface area (TPSA) is 98.2 Å². The number of benzene rings is 1. The van der Waals surface area contributed by atoms with Crippen molar-refractivity contribution < 1.29 is 14.3 Å². The van der Waals surface area contributed by atoms with Gasteiger partial charge in [-0.2, -0.15) is 0 Å². The highest BCUT2D eigenvalue weighted by atomic mass is 16.5. The number of rotatable bonds is 7.